The van der Waals surface area contributed by atoms with Crippen LogP contribution >= 0.6 is 0 Å². The lowest BCUT2D eigenvalue weighted by atomic mass is 9.77. The van der Waals surface area contributed by atoms with Crippen LogP contribution < -0.4 is 5.46 Å². The van der Waals surface area contributed by atoms with Crippen molar-refractivity contribution in [2.24, 2.45) is 0 Å². The Bertz CT molecular complexity index is 500. The summed E-state index contributed by atoms with van der Waals surface area (Å²) in [5.74, 6) is -0.389. The highest BCUT2D eigenvalue weighted by Crippen LogP contribution is 2.36. The maximum atomic E-state index is 12.0. The van der Waals surface area contributed by atoms with Crippen molar-refractivity contribution in [1.29, 1.82) is 0 Å². The lowest BCUT2D eigenvalue weighted by Crippen LogP contribution is -2.41. The van der Waals surface area contributed by atoms with Crippen molar-refractivity contribution in [3.63, 3.8) is 0 Å². The Morgan fingerprint density at radius 3 is 2.45 bits per heavy atom. The van der Waals surface area contributed by atoms with Crippen LogP contribution in [0.25, 0.3) is 0 Å². The van der Waals surface area contributed by atoms with Gasteiger partial charge in [0.2, 0.25) is 0 Å². The van der Waals surface area contributed by atoms with Crippen LogP contribution in [-0.4, -0.2) is 35.9 Å². The Hall–Kier alpha value is -1.40. The summed E-state index contributed by atoms with van der Waals surface area (Å²) in [5, 5.41) is 0. The van der Waals surface area contributed by atoms with Gasteiger partial charge in [-0.2, -0.15) is 0 Å². The van der Waals surface area contributed by atoms with Crippen LogP contribution in [0.3, 0.4) is 0 Å². The first kappa shape index (κ1) is 15.0. The van der Waals surface area contributed by atoms with Crippen molar-refractivity contribution < 1.29 is 18.8 Å². The van der Waals surface area contributed by atoms with E-state index in [-0.39, 0.29) is 5.97 Å². The zero-order valence-electron chi connectivity index (χ0n) is 12.6. The van der Waals surface area contributed by atoms with E-state index in [1.165, 1.54) is 0 Å². The molecule has 0 amide bonds. The first-order chi connectivity index (χ1) is 9.28. The number of carbonyl (C=O) groups excluding carboxylic acids is 1. The van der Waals surface area contributed by atoms with E-state index in [1.807, 2.05) is 27.7 Å². The van der Waals surface area contributed by atoms with Crippen LogP contribution in [0.5, 0.6) is 0 Å². The van der Waals surface area contributed by atoms with Crippen LogP contribution in [0.2, 0.25) is 0 Å². The van der Waals surface area contributed by atoms with Gasteiger partial charge in [-0.15, -0.1) is 0 Å². The molecular formula is C14H20BNO4. The van der Waals surface area contributed by atoms with Crippen molar-refractivity contribution in [2.45, 2.75) is 45.8 Å². The van der Waals surface area contributed by atoms with Crippen LogP contribution in [0.15, 0.2) is 18.5 Å². The minimum atomic E-state index is -0.617. The molecule has 0 unspecified atom stereocenters. The minimum Gasteiger partial charge on any atom is -0.462 e. The van der Waals surface area contributed by atoms with E-state index in [1.54, 1.807) is 25.4 Å². The van der Waals surface area contributed by atoms with Gasteiger partial charge in [0.25, 0.3) is 0 Å². The van der Waals surface area contributed by atoms with Gasteiger partial charge in [-0.3, -0.25) is 4.98 Å². The molecule has 6 heteroatoms. The van der Waals surface area contributed by atoms with Crippen molar-refractivity contribution in [3.05, 3.63) is 24.0 Å². The van der Waals surface area contributed by atoms with Gasteiger partial charge in [0.1, 0.15) is 0 Å². The summed E-state index contributed by atoms with van der Waals surface area (Å²) in [4.78, 5) is 16.0. The quantitative estimate of drug-likeness (QED) is 0.620. The van der Waals surface area contributed by atoms with E-state index in [0.29, 0.717) is 17.6 Å². The minimum absolute atomic E-state index is 0.323. The fraction of sp³-hybridized carbons (Fsp3) is 0.571. The summed E-state index contributed by atoms with van der Waals surface area (Å²) in [7, 11) is -0.617. The fourth-order valence-corrected chi connectivity index (χ4v) is 1.96. The molecule has 2 rings (SSSR count). The zero-order chi connectivity index (χ0) is 15.0. The maximum absolute atomic E-state index is 12.0. The monoisotopic (exact) mass is 277 g/mol. The van der Waals surface area contributed by atoms with Crippen molar-refractivity contribution >= 4 is 18.6 Å². The molecule has 1 aliphatic heterocycles. The molecule has 0 aliphatic carbocycles. The second-order valence-corrected chi connectivity index (χ2v) is 5.77. The summed E-state index contributed by atoms with van der Waals surface area (Å²) in [5.41, 5.74) is 0.115. The topological polar surface area (TPSA) is 57.7 Å². The first-order valence-corrected chi connectivity index (χ1v) is 6.75. The van der Waals surface area contributed by atoms with Gasteiger partial charge in [0.15, 0.2) is 0 Å². The Balaban J connectivity index is 2.33. The van der Waals surface area contributed by atoms with E-state index >= 15 is 0 Å². The van der Waals surface area contributed by atoms with E-state index in [4.69, 9.17) is 14.0 Å². The van der Waals surface area contributed by atoms with E-state index in [9.17, 15) is 4.79 Å². The summed E-state index contributed by atoms with van der Waals surface area (Å²) >= 11 is 0. The highest BCUT2D eigenvalue weighted by molar-refractivity contribution is 6.63. The first-order valence-electron chi connectivity index (χ1n) is 6.75. The van der Waals surface area contributed by atoms with Crippen LogP contribution in [0.4, 0.5) is 0 Å². The Morgan fingerprint density at radius 1 is 1.30 bits per heavy atom. The number of aromatic nitrogens is 1. The second kappa shape index (κ2) is 5.18. The van der Waals surface area contributed by atoms with Crippen LogP contribution in [0.1, 0.15) is 45.0 Å². The number of hydrogen-bond acceptors (Lipinski definition) is 5. The lowest BCUT2D eigenvalue weighted by Gasteiger charge is -2.32. The molecule has 0 N–H and O–H groups in total. The third-order valence-electron chi connectivity index (χ3n) is 3.85. The van der Waals surface area contributed by atoms with Gasteiger partial charge >= 0.3 is 13.1 Å². The normalized spacial score (nSPS) is 19.9. The molecule has 0 atom stereocenters. The van der Waals surface area contributed by atoms with Crippen LogP contribution in [-0.2, 0) is 14.0 Å². The van der Waals surface area contributed by atoms with Crippen molar-refractivity contribution in [1.82, 2.24) is 4.98 Å². The van der Waals surface area contributed by atoms with E-state index in [2.05, 4.69) is 4.98 Å². The molecule has 0 radical (unpaired) electrons. The van der Waals surface area contributed by atoms with Gasteiger partial charge in [0, 0.05) is 17.9 Å². The standard InChI is InChI=1S/C14H20BNO4/c1-6-18-12(17)10-7-8-16-9-11(10)15-19-13(2,3)14(4,5)20-15/h7-9H,6H2,1-5H3. The molecule has 0 bridgehead atoms. The number of rotatable bonds is 3. The molecule has 0 aromatic carbocycles. The Morgan fingerprint density at radius 2 is 1.90 bits per heavy atom. The van der Waals surface area contributed by atoms with Gasteiger partial charge < -0.3 is 14.0 Å². The summed E-state index contributed by atoms with van der Waals surface area (Å²) < 4.78 is 17.0. The molecule has 108 valence electrons. The van der Waals surface area contributed by atoms with Crippen molar-refractivity contribution in [3.8, 4) is 0 Å². The lowest BCUT2D eigenvalue weighted by molar-refractivity contribution is 0.00578. The SMILES string of the molecule is CCOC(=O)c1ccncc1B1OC(C)(C)C(C)(C)O1. The van der Waals surface area contributed by atoms with E-state index < -0.39 is 18.3 Å². The molecule has 1 aromatic heterocycles. The molecule has 1 saturated heterocycles. The summed E-state index contributed by atoms with van der Waals surface area (Å²) in [6, 6.07) is 1.62. The molecular weight excluding hydrogens is 257 g/mol. The molecule has 2 heterocycles. The predicted molar refractivity (Wildman–Crippen MR) is 75.9 cm³/mol. The maximum Gasteiger partial charge on any atom is 0.497 e. The highest BCUT2D eigenvalue weighted by atomic mass is 16.7. The highest BCUT2D eigenvalue weighted by Gasteiger charge is 2.52. The molecule has 1 aromatic rings. The largest absolute Gasteiger partial charge is 0.497 e. The Kier molecular flexibility index (Phi) is 3.89. The number of nitrogens with zero attached hydrogens (tertiary/aromatic N) is 1. The number of hydrogen-bond donors (Lipinski definition) is 0. The molecule has 0 saturated carbocycles. The Labute approximate surface area is 119 Å². The number of pyridine rings is 1. The molecule has 1 fully saturated rings. The second-order valence-electron chi connectivity index (χ2n) is 5.77. The molecule has 0 spiro atoms. The zero-order valence-corrected chi connectivity index (χ0v) is 12.6. The van der Waals surface area contributed by atoms with Crippen LogP contribution in [0, 0.1) is 0 Å². The number of ether oxygens (including phenoxy) is 1. The smallest absolute Gasteiger partial charge is 0.462 e. The van der Waals surface area contributed by atoms with Gasteiger partial charge in [-0.1, -0.05) is 0 Å². The van der Waals surface area contributed by atoms with Gasteiger partial charge in [-0.25, -0.2) is 4.79 Å². The van der Waals surface area contributed by atoms with Gasteiger partial charge in [0.05, 0.1) is 23.4 Å². The average molecular weight is 277 g/mol. The number of esters is 1. The summed E-state index contributed by atoms with van der Waals surface area (Å²) in [6.07, 6.45) is 3.15. The predicted octanol–water partition coefficient (Wildman–Crippen LogP) is 1.56. The fourth-order valence-electron chi connectivity index (χ4n) is 1.96. The third-order valence-corrected chi connectivity index (χ3v) is 3.85. The van der Waals surface area contributed by atoms with Gasteiger partial charge in [-0.05, 0) is 40.7 Å². The van der Waals surface area contributed by atoms with E-state index in [0.717, 1.165) is 0 Å². The average Bonchev–Trinajstić information content (AvgIpc) is 2.59. The molecule has 1 aliphatic rings. The number of carbonyl (C=O) groups is 1. The molecule has 20 heavy (non-hydrogen) atoms. The molecule has 5 nitrogen and oxygen atoms in total. The third kappa shape index (κ3) is 2.58. The van der Waals surface area contributed by atoms with Crippen molar-refractivity contribution in [2.75, 3.05) is 6.61 Å². The summed E-state index contributed by atoms with van der Waals surface area (Å²) in [6.45, 7) is 9.96.